The summed E-state index contributed by atoms with van der Waals surface area (Å²) in [6, 6.07) is 0. The molecule has 0 amide bonds. The predicted octanol–water partition coefficient (Wildman–Crippen LogP) is 0.383. The number of aliphatic hydroxyl groups excluding tert-OH is 1. The molecule has 1 aliphatic heterocycles. The van der Waals surface area contributed by atoms with Crippen molar-refractivity contribution >= 4 is 0 Å². The molecule has 1 rings (SSSR count). The molecule has 0 bridgehead atoms. The molecule has 0 saturated carbocycles. The summed E-state index contributed by atoms with van der Waals surface area (Å²) in [5.74, 6) is 0. The quantitative estimate of drug-likeness (QED) is 0.602. The van der Waals surface area contributed by atoms with Gasteiger partial charge in [-0.15, -0.1) is 0 Å². The van der Waals surface area contributed by atoms with Crippen LogP contribution in [0.4, 0.5) is 0 Å². The van der Waals surface area contributed by atoms with E-state index in [2.05, 4.69) is 26.1 Å². The summed E-state index contributed by atoms with van der Waals surface area (Å²) in [4.78, 5) is 0. The average Bonchev–Trinajstić information content (AvgIpc) is 2.04. The second kappa shape index (κ2) is 3.32. The van der Waals surface area contributed by atoms with Crippen LogP contribution in [0.2, 0.25) is 0 Å². The zero-order valence-electron chi connectivity index (χ0n) is 8.18. The molecule has 0 spiro atoms. The topological polar surface area (TPSA) is 41.5 Å². The Kier molecular flexibility index (Phi) is 2.76. The van der Waals surface area contributed by atoms with E-state index in [-0.39, 0.29) is 17.6 Å². The van der Waals surface area contributed by atoms with Gasteiger partial charge in [-0.2, -0.15) is 0 Å². The predicted molar refractivity (Wildman–Crippen MR) is 48.1 cm³/mol. The molecule has 72 valence electrons. The fraction of sp³-hybridized carbons (Fsp3) is 1.00. The number of aliphatic hydroxyl groups is 1. The lowest BCUT2D eigenvalue weighted by Gasteiger charge is -2.46. The van der Waals surface area contributed by atoms with Crippen molar-refractivity contribution in [3.63, 3.8) is 0 Å². The van der Waals surface area contributed by atoms with Gasteiger partial charge in [0.2, 0.25) is 0 Å². The summed E-state index contributed by atoms with van der Waals surface area (Å²) in [5, 5.41) is 12.7. The molecule has 0 aromatic rings. The van der Waals surface area contributed by atoms with Crippen LogP contribution in [0.1, 0.15) is 20.8 Å². The molecule has 1 aliphatic rings. The third-order valence-electron chi connectivity index (χ3n) is 2.76. The normalized spacial score (nSPS) is 32.0. The summed E-state index contributed by atoms with van der Waals surface area (Å²) < 4.78 is 5.38. The smallest absolute Gasteiger partial charge is 0.0700 e. The van der Waals surface area contributed by atoms with Crippen molar-refractivity contribution < 1.29 is 9.84 Å². The van der Waals surface area contributed by atoms with Gasteiger partial charge in [0.15, 0.2) is 0 Å². The van der Waals surface area contributed by atoms with Crippen LogP contribution >= 0.6 is 0 Å². The van der Waals surface area contributed by atoms with Crippen molar-refractivity contribution in [3.8, 4) is 0 Å². The van der Waals surface area contributed by atoms with Crippen LogP contribution in [0, 0.1) is 5.41 Å². The zero-order chi connectivity index (χ0) is 9.24. The van der Waals surface area contributed by atoms with Crippen LogP contribution in [0.15, 0.2) is 0 Å². The Bertz CT molecular complexity index is 145. The van der Waals surface area contributed by atoms with Crippen molar-refractivity contribution in [1.82, 2.24) is 5.32 Å². The maximum absolute atomic E-state index is 9.33. The monoisotopic (exact) mass is 173 g/mol. The Balaban J connectivity index is 2.73. The Hall–Kier alpha value is -0.120. The van der Waals surface area contributed by atoms with Crippen LogP contribution in [0.25, 0.3) is 0 Å². The van der Waals surface area contributed by atoms with Gasteiger partial charge in [0.1, 0.15) is 0 Å². The van der Waals surface area contributed by atoms with Crippen LogP contribution in [0.5, 0.6) is 0 Å². The van der Waals surface area contributed by atoms with E-state index in [0.29, 0.717) is 6.61 Å². The third-order valence-corrected chi connectivity index (χ3v) is 2.76. The van der Waals surface area contributed by atoms with Gasteiger partial charge < -0.3 is 15.2 Å². The minimum absolute atomic E-state index is 0.0299. The molecule has 0 aromatic carbocycles. The number of ether oxygens (including phenoxy) is 1. The van der Waals surface area contributed by atoms with Gasteiger partial charge in [-0.05, 0) is 5.41 Å². The highest BCUT2D eigenvalue weighted by molar-refractivity contribution is 4.99. The molecule has 1 unspecified atom stereocenters. The minimum atomic E-state index is -0.259. The summed E-state index contributed by atoms with van der Waals surface area (Å²) >= 11 is 0. The Morgan fingerprint density at radius 1 is 1.50 bits per heavy atom. The molecule has 0 aliphatic carbocycles. The lowest BCUT2D eigenvalue weighted by molar-refractivity contribution is -0.0538. The van der Waals surface area contributed by atoms with E-state index in [1.807, 2.05) is 0 Å². The van der Waals surface area contributed by atoms with E-state index < -0.39 is 0 Å². The SMILES string of the molecule is CC(C)(C)C1(CO)COCCN1. The highest BCUT2D eigenvalue weighted by Crippen LogP contribution is 2.31. The van der Waals surface area contributed by atoms with Crippen molar-refractivity contribution in [2.24, 2.45) is 5.41 Å². The number of rotatable bonds is 1. The lowest BCUT2D eigenvalue weighted by atomic mass is 9.74. The number of nitrogens with one attached hydrogen (secondary N) is 1. The third kappa shape index (κ3) is 1.63. The van der Waals surface area contributed by atoms with Gasteiger partial charge >= 0.3 is 0 Å². The molecule has 3 nitrogen and oxygen atoms in total. The summed E-state index contributed by atoms with van der Waals surface area (Å²) in [5.41, 5.74) is -0.229. The fourth-order valence-corrected chi connectivity index (χ4v) is 1.48. The number of morpholine rings is 1. The van der Waals surface area contributed by atoms with E-state index >= 15 is 0 Å². The standard InChI is InChI=1S/C9H19NO2/c1-8(2,3)9(6-11)7-12-5-4-10-9/h10-11H,4-7H2,1-3H3. The Labute approximate surface area is 74.1 Å². The molecule has 0 aromatic heterocycles. The first kappa shape index (κ1) is 9.96. The van der Waals surface area contributed by atoms with Gasteiger partial charge in [-0.3, -0.25) is 0 Å². The summed E-state index contributed by atoms with van der Waals surface area (Å²) in [6.45, 7) is 8.67. The van der Waals surface area contributed by atoms with Crippen LogP contribution in [0.3, 0.4) is 0 Å². The van der Waals surface area contributed by atoms with Crippen molar-refractivity contribution in [2.45, 2.75) is 26.3 Å². The van der Waals surface area contributed by atoms with Gasteiger partial charge in [0, 0.05) is 6.54 Å². The molecule has 12 heavy (non-hydrogen) atoms. The molecule has 1 atom stereocenters. The summed E-state index contributed by atoms with van der Waals surface area (Å²) in [7, 11) is 0. The Morgan fingerprint density at radius 3 is 2.42 bits per heavy atom. The first-order chi connectivity index (χ1) is 5.52. The number of hydrogen-bond donors (Lipinski definition) is 2. The first-order valence-corrected chi connectivity index (χ1v) is 4.45. The molecular weight excluding hydrogens is 154 g/mol. The first-order valence-electron chi connectivity index (χ1n) is 4.45. The Morgan fingerprint density at radius 2 is 2.17 bits per heavy atom. The van der Waals surface area contributed by atoms with E-state index in [4.69, 9.17) is 4.74 Å². The summed E-state index contributed by atoms with van der Waals surface area (Å²) in [6.07, 6.45) is 0. The van der Waals surface area contributed by atoms with Gasteiger partial charge in [0.05, 0.1) is 25.4 Å². The number of hydrogen-bond acceptors (Lipinski definition) is 3. The zero-order valence-corrected chi connectivity index (χ0v) is 8.18. The molecule has 3 heteroatoms. The molecule has 1 fully saturated rings. The van der Waals surface area contributed by atoms with Crippen molar-refractivity contribution in [3.05, 3.63) is 0 Å². The minimum Gasteiger partial charge on any atom is -0.394 e. The highest BCUT2D eigenvalue weighted by Gasteiger charge is 2.42. The lowest BCUT2D eigenvalue weighted by Crippen LogP contribution is -2.64. The van der Waals surface area contributed by atoms with Crippen molar-refractivity contribution in [2.75, 3.05) is 26.4 Å². The van der Waals surface area contributed by atoms with Gasteiger partial charge in [0.25, 0.3) is 0 Å². The van der Waals surface area contributed by atoms with E-state index in [0.717, 1.165) is 13.2 Å². The molecule has 0 radical (unpaired) electrons. The van der Waals surface area contributed by atoms with Gasteiger partial charge in [-0.1, -0.05) is 20.8 Å². The van der Waals surface area contributed by atoms with Crippen LogP contribution in [-0.4, -0.2) is 37.0 Å². The second-order valence-electron chi connectivity index (χ2n) is 4.47. The maximum atomic E-state index is 9.33. The molecular formula is C9H19NO2. The highest BCUT2D eigenvalue weighted by atomic mass is 16.5. The van der Waals surface area contributed by atoms with Crippen LogP contribution in [-0.2, 0) is 4.74 Å². The van der Waals surface area contributed by atoms with Gasteiger partial charge in [-0.25, -0.2) is 0 Å². The van der Waals surface area contributed by atoms with E-state index in [1.165, 1.54) is 0 Å². The van der Waals surface area contributed by atoms with E-state index in [9.17, 15) is 5.11 Å². The molecule has 1 heterocycles. The second-order valence-corrected chi connectivity index (χ2v) is 4.47. The fourth-order valence-electron chi connectivity index (χ4n) is 1.48. The maximum Gasteiger partial charge on any atom is 0.0700 e. The van der Waals surface area contributed by atoms with Crippen LogP contribution < -0.4 is 5.32 Å². The van der Waals surface area contributed by atoms with E-state index in [1.54, 1.807) is 0 Å². The average molecular weight is 173 g/mol. The van der Waals surface area contributed by atoms with Crippen molar-refractivity contribution in [1.29, 1.82) is 0 Å². The molecule has 2 N–H and O–H groups in total. The molecule has 1 saturated heterocycles. The largest absolute Gasteiger partial charge is 0.394 e.